The highest BCUT2D eigenvalue weighted by molar-refractivity contribution is 5.51. The molecule has 1 aliphatic rings. The second-order valence-electron chi connectivity index (χ2n) is 3.25. The molecule has 0 atom stereocenters. The summed E-state index contributed by atoms with van der Waals surface area (Å²) in [6, 6.07) is 2.73. The zero-order valence-corrected chi connectivity index (χ0v) is 8.00. The van der Waals surface area contributed by atoms with Crippen LogP contribution in [0.5, 0.6) is 11.5 Å². The van der Waals surface area contributed by atoms with Crippen LogP contribution in [-0.4, -0.2) is 13.3 Å². The maximum absolute atomic E-state index is 12.5. The molecule has 2 N–H and O–H groups in total. The van der Waals surface area contributed by atoms with Crippen LogP contribution in [0.4, 0.5) is 8.78 Å². The summed E-state index contributed by atoms with van der Waals surface area (Å²) >= 11 is 0. The van der Waals surface area contributed by atoms with Crippen molar-refractivity contribution in [2.75, 3.05) is 13.3 Å². The van der Waals surface area contributed by atoms with Crippen molar-refractivity contribution in [3.8, 4) is 11.5 Å². The first-order valence-corrected chi connectivity index (χ1v) is 4.63. The molecule has 82 valence electrons. The minimum atomic E-state index is -2.50. The molecule has 0 aliphatic carbocycles. The summed E-state index contributed by atoms with van der Waals surface area (Å²) in [5, 5.41) is 0. The topological polar surface area (TPSA) is 44.5 Å². The van der Waals surface area contributed by atoms with Gasteiger partial charge in [-0.05, 0) is 30.7 Å². The maximum atomic E-state index is 12.5. The summed E-state index contributed by atoms with van der Waals surface area (Å²) in [6.45, 7) is 0.474. The van der Waals surface area contributed by atoms with E-state index in [0.717, 1.165) is 0 Å². The zero-order valence-electron chi connectivity index (χ0n) is 8.00. The van der Waals surface area contributed by atoms with Gasteiger partial charge in [-0.3, -0.25) is 0 Å². The molecular weight excluding hydrogens is 204 g/mol. The van der Waals surface area contributed by atoms with Gasteiger partial charge in [0.25, 0.3) is 6.43 Å². The standard InChI is InChI=1S/C10H11F2NO2/c11-10(12)7-3-6(1-2-13)9-8(4-7)14-5-15-9/h3-4,10H,1-2,5,13H2. The predicted octanol–water partition coefficient (Wildman–Crippen LogP) is 1.85. The quantitative estimate of drug-likeness (QED) is 0.836. The van der Waals surface area contributed by atoms with E-state index in [0.29, 0.717) is 30.0 Å². The van der Waals surface area contributed by atoms with Gasteiger partial charge in [0.05, 0.1) is 0 Å². The number of nitrogens with two attached hydrogens (primary N) is 1. The lowest BCUT2D eigenvalue weighted by atomic mass is 10.1. The Morgan fingerprint density at radius 2 is 2.13 bits per heavy atom. The highest BCUT2D eigenvalue weighted by Gasteiger charge is 2.21. The van der Waals surface area contributed by atoms with Gasteiger partial charge >= 0.3 is 0 Å². The molecule has 3 nitrogen and oxygen atoms in total. The summed E-state index contributed by atoms with van der Waals surface area (Å²) in [6.07, 6.45) is -2.00. The Hall–Kier alpha value is -1.36. The molecule has 0 unspecified atom stereocenters. The van der Waals surface area contributed by atoms with Crippen LogP contribution in [0.25, 0.3) is 0 Å². The fraction of sp³-hybridized carbons (Fsp3) is 0.400. The first-order valence-electron chi connectivity index (χ1n) is 4.63. The minimum absolute atomic E-state index is 0.0531. The van der Waals surface area contributed by atoms with Crippen LogP contribution in [0.2, 0.25) is 0 Å². The van der Waals surface area contributed by atoms with E-state index < -0.39 is 6.43 Å². The number of benzene rings is 1. The van der Waals surface area contributed by atoms with Crippen LogP contribution in [-0.2, 0) is 6.42 Å². The highest BCUT2D eigenvalue weighted by Crippen LogP contribution is 2.39. The molecule has 1 aliphatic heterocycles. The van der Waals surface area contributed by atoms with E-state index >= 15 is 0 Å². The maximum Gasteiger partial charge on any atom is 0.263 e. The third kappa shape index (κ3) is 1.87. The molecule has 0 fully saturated rings. The lowest BCUT2D eigenvalue weighted by Gasteiger charge is -2.07. The van der Waals surface area contributed by atoms with Crippen LogP contribution >= 0.6 is 0 Å². The fourth-order valence-electron chi connectivity index (χ4n) is 1.57. The molecule has 0 aromatic heterocycles. The molecule has 1 aromatic rings. The Labute approximate surface area is 85.8 Å². The summed E-state index contributed by atoms with van der Waals surface area (Å²) in [5.74, 6) is 0.932. The van der Waals surface area contributed by atoms with Gasteiger partial charge in [-0.1, -0.05) is 0 Å². The fourth-order valence-corrected chi connectivity index (χ4v) is 1.57. The predicted molar refractivity (Wildman–Crippen MR) is 50.3 cm³/mol. The Balaban J connectivity index is 2.43. The van der Waals surface area contributed by atoms with Crippen LogP contribution < -0.4 is 15.2 Å². The van der Waals surface area contributed by atoms with Gasteiger partial charge in [-0.25, -0.2) is 8.78 Å². The van der Waals surface area contributed by atoms with E-state index in [1.165, 1.54) is 12.1 Å². The van der Waals surface area contributed by atoms with Crippen molar-refractivity contribution in [2.24, 2.45) is 5.73 Å². The number of hydrogen-bond donors (Lipinski definition) is 1. The largest absolute Gasteiger partial charge is 0.454 e. The second-order valence-corrected chi connectivity index (χ2v) is 3.25. The van der Waals surface area contributed by atoms with Gasteiger partial charge in [-0.2, -0.15) is 0 Å². The third-order valence-electron chi connectivity index (χ3n) is 2.24. The first-order chi connectivity index (χ1) is 7.22. The SMILES string of the molecule is NCCc1cc(C(F)F)cc2c1OCO2. The molecule has 0 saturated carbocycles. The molecule has 0 bridgehead atoms. The van der Waals surface area contributed by atoms with Crippen molar-refractivity contribution in [1.29, 1.82) is 0 Å². The van der Waals surface area contributed by atoms with Crippen molar-refractivity contribution in [3.05, 3.63) is 23.3 Å². The molecule has 2 rings (SSSR count). The Morgan fingerprint density at radius 1 is 1.33 bits per heavy atom. The molecule has 0 saturated heterocycles. The molecule has 5 heteroatoms. The number of hydrogen-bond acceptors (Lipinski definition) is 3. The van der Waals surface area contributed by atoms with E-state index in [1.807, 2.05) is 0 Å². The van der Waals surface area contributed by atoms with Crippen molar-refractivity contribution in [1.82, 2.24) is 0 Å². The Bertz CT molecular complexity index is 369. The smallest absolute Gasteiger partial charge is 0.263 e. The molecule has 1 heterocycles. The third-order valence-corrected chi connectivity index (χ3v) is 2.24. The molecule has 0 radical (unpaired) electrons. The lowest BCUT2D eigenvalue weighted by molar-refractivity contribution is 0.150. The van der Waals surface area contributed by atoms with Gasteiger partial charge in [0.2, 0.25) is 6.79 Å². The summed E-state index contributed by atoms with van der Waals surface area (Å²) < 4.78 is 35.3. The average molecular weight is 215 g/mol. The summed E-state index contributed by atoms with van der Waals surface area (Å²) in [7, 11) is 0. The van der Waals surface area contributed by atoms with Gasteiger partial charge in [0.15, 0.2) is 11.5 Å². The highest BCUT2D eigenvalue weighted by atomic mass is 19.3. The Morgan fingerprint density at radius 3 is 2.80 bits per heavy atom. The lowest BCUT2D eigenvalue weighted by Crippen LogP contribution is -2.04. The average Bonchev–Trinajstić information content (AvgIpc) is 2.65. The van der Waals surface area contributed by atoms with Crippen LogP contribution in [0.15, 0.2) is 12.1 Å². The van der Waals surface area contributed by atoms with Crippen LogP contribution in [0.1, 0.15) is 17.6 Å². The number of rotatable bonds is 3. The normalized spacial score (nSPS) is 13.6. The van der Waals surface area contributed by atoms with Crippen molar-refractivity contribution in [3.63, 3.8) is 0 Å². The van der Waals surface area contributed by atoms with E-state index in [-0.39, 0.29) is 12.4 Å². The molecular formula is C10H11F2NO2. The molecule has 15 heavy (non-hydrogen) atoms. The monoisotopic (exact) mass is 215 g/mol. The zero-order chi connectivity index (χ0) is 10.8. The molecule has 0 spiro atoms. The van der Waals surface area contributed by atoms with E-state index in [1.54, 1.807) is 0 Å². The molecule has 1 aromatic carbocycles. The molecule has 0 amide bonds. The van der Waals surface area contributed by atoms with Gasteiger partial charge in [0.1, 0.15) is 0 Å². The number of fused-ring (bicyclic) bond motifs is 1. The van der Waals surface area contributed by atoms with Crippen LogP contribution in [0, 0.1) is 0 Å². The summed E-state index contributed by atoms with van der Waals surface area (Å²) in [5.41, 5.74) is 6.03. The van der Waals surface area contributed by atoms with Gasteiger partial charge < -0.3 is 15.2 Å². The van der Waals surface area contributed by atoms with Gasteiger partial charge in [-0.15, -0.1) is 0 Å². The van der Waals surface area contributed by atoms with E-state index in [4.69, 9.17) is 15.2 Å². The number of alkyl halides is 2. The first kappa shape index (κ1) is 10.2. The van der Waals surface area contributed by atoms with Gasteiger partial charge in [0, 0.05) is 5.56 Å². The second kappa shape index (κ2) is 4.02. The van der Waals surface area contributed by atoms with Crippen molar-refractivity contribution >= 4 is 0 Å². The van der Waals surface area contributed by atoms with E-state index in [2.05, 4.69) is 0 Å². The van der Waals surface area contributed by atoms with E-state index in [9.17, 15) is 8.78 Å². The van der Waals surface area contributed by atoms with Crippen molar-refractivity contribution in [2.45, 2.75) is 12.8 Å². The van der Waals surface area contributed by atoms with Crippen molar-refractivity contribution < 1.29 is 18.3 Å². The number of halogens is 2. The van der Waals surface area contributed by atoms with Crippen LogP contribution in [0.3, 0.4) is 0 Å². The Kier molecular flexibility index (Phi) is 2.73. The minimum Gasteiger partial charge on any atom is -0.454 e. The summed E-state index contributed by atoms with van der Waals surface area (Å²) in [4.78, 5) is 0. The number of ether oxygens (including phenoxy) is 2.